The summed E-state index contributed by atoms with van der Waals surface area (Å²) in [5, 5.41) is 3.28. The van der Waals surface area contributed by atoms with Crippen LogP contribution in [0.4, 0.5) is 26.3 Å². The van der Waals surface area contributed by atoms with Crippen molar-refractivity contribution in [3.05, 3.63) is 70.3 Å². The Morgan fingerprint density at radius 1 is 0.903 bits per heavy atom. The molecule has 0 spiro atoms. The minimum atomic E-state index is -4.87. The molecule has 1 aliphatic heterocycles. The molecule has 1 N–H and O–H groups in total. The van der Waals surface area contributed by atoms with Crippen molar-refractivity contribution in [2.75, 3.05) is 26.2 Å². The van der Waals surface area contributed by atoms with E-state index in [1.165, 1.54) is 0 Å². The van der Waals surface area contributed by atoms with Gasteiger partial charge in [-0.05, 0) is 34.9 Å². The highest BCUT2D eigenvalue weighted by Gasteiger charge is 2.39. The van der Waals surface area contributed by atoms with Gasteiger partial charge in [-0.25, -0.2) is 0 Å². The van der Waals surface area contributed by atoms with Gasteiger partial charge in [-0.3, -0.25) is 4.90 Å². The van der Waals surface area contributed by atoms with Crippen molar-refractivity contribution in [1.29, 1.82) is 0 Å². The number of ether oxygens (including phenoxy) is 1. The zero-order valence-corrected chi connectivity index (χ0v) is 16.6. The molecule has 2 atom stereocenters. The van der Waals surface area contributed by atoms with E-state index in [0.29, 0.717) is 6.42 Å². The van der Waals surface area contributed by atoms with Gasteiger partial charge >= 0.3 is 12.4 Å². The van der Waals surface area contributed by atoms with Crippen molar-refractivity contribution in [3.63, 3.8) is 0 Å². The third-order valence-corrected chi connectivity index (χ3v) is 5.80. The van der Waals surface area contributed by atoms with E-state index >= 15 is 0 Å². The van der Waals surface area contributed by atoms with E-state index < -0.39 is 23.5 Å². The van der Waals surface area contributed by atoms with Crippen LogP contribution in [0.3, 0.4) is 0 Å². The molecule has 1 heterocycles. The van der Waals surface area contributed by atoms with Crippen LogP contribution in [0.1, 0.15) is 33.9 Å². The molecule has 1 saturated heterocycles. The molecule has 1 aliphatic carbocycles. The summed E-state index contributed by atoms with van der Waals surface area (Å²) in [7, 11) is 0. The second-order valence-corrected chi connectivity index (χ2v) is 7.90. The SMILES string of the molecule is FC(F)(F)c1cc(CO[C@@H]2Cc3ccccc3[C@H]2N2CCNCC2)cc(C(F)(F)F)c1. The van der Waals surface area contributed by atoms with Crippen LogP contribution in [0.2, 0.25) is 0 Å². The average molecular weight is 444 g/mol. The number of alkyl halides is 6. The number of benzene rings is 2. The molecule has 3 nitrogen and oxygen atoms in total. The third-order valence-electron chi connectivity index (χ3n) is 5.80. The van der Waals surface area contributed by atoms with Crippen molar-refractivity contribution in [3.8, 4) is 0 Å². The number of fused-ring (bicyclic) bond motifs is 1. The van der Waals surface area contributed by atoms with E-state index in [9.17, 15) is 26.3 Å². The first-order valence-corrected chi connectivity index (χ1v) is 10.1. The summed E-state index contributed by atoms with van der Waals surface area (Å²) in [5.74, 6) is 0. The minimum Gasteiger partial charge on any atom is -0.371 e. The van der Waals surface area contributed by atoms with Crippen LogP contribution in [0.5, 0.6) is 0 Å². The maximum Gasteiger partial charge on any atom is 0.416 e. The second-order valence-electron chi connectivity index (χ2n) is 7.90. The summed E-state index contributed by atoms with van der Waals surface area (Å²) in [5.41, 5.74) is -0.591. The lowest BCUT2D eigenvalue weighted by Crippen LogP contribution is -2.47. The van der Waals surface area contributed by atoms with Crippen LogP contribution in [-0.4, -0.2) is 37.2 Å². The number of nitrogens with one attached hydrogen (secondary N) is 1. The Labute approximate surface area is 176 Å². The topological polar surface area (TPSA) is 24.5 Å². The van der Waals surface area contributed by atoms with Crippen molar-refractivity contribution in [2.45, 2.75) is 37.5 Å². The Bertz CT molecular complexity index is 889. The summed E-state index contributed by atoms with van der Waals surface area (Å²) in [6.07, 6.45) is -9.53. The van der Waals surface area contributed by atoms with Crippen molar-refractivity contribution < 1.29 is 31.1 Å². The van der Waals surface area contributed by atoms with Crippen molar-refractivity contribution in [2.24, 2.45) is 0 Å². The summed E-state index contributed by atoms with van der Waals surface area (Å²) in [6.45, 7) is 2.89. The van der Waals surface area contributed by atoms with E-state index in [0.717, 1.165) is 49.4 Å². The lowest BCUT2D eigenvalue weighted by atomic mass is 10.0. The number of halogens is 6. The summed E-state index contributed by atoms with van der Waals surface area (Å²) in [4.78, 5) is 2.26. The minimum absolute atomic E-state index is 0.0776. The molecule has 0 saturated carbocycles. The van der Waals surface area contributed by atoms with Crippen LogP contribution < -0.4 is 5.32 Å². The smallest absolute Gasteiger partial charge is 0.371 e. The average Bonchev–Trinajstić information content (AvgIpc) is 3.10. The molecule has 2 aromatic rings. The van der Waals surface area contributed by atoms with Gasteiger partial charge in [-0.1, -0.05) is 24.3 Å². The molecule has 2 aromatic carbocycles. The van der Waals surface area contributed by atoms with E-state index in [1.54, 1.807) is 0 Å². The largest absolute Gasteiger partial charge is 0.416 e. The Kier molecular flexibility index (Phi) is 6.02. The predicted molar refractivity (Wildman–Crippen MR) is 102 cm³/mol. The number of rotatable bonds is 4. The van der Waals surface area contributed by atoms with Gasteiger partial charge in [0.1, 0.15) is 0 Å². The number of hydrogen-bond donors (Lipinski definition) is 1. The molecule has 0 unspecified atom stereocenters. The highest BCUT2D eigenvalue weighted by Crippen LogP contribution is 2.39. The van der Waals surface area contributed by atoms with Gasteiger partial charge in [0, 0.05) is 32.6 Å². The predicted octanol–water partition coefficient (Wildman–Crippen LogP) is 4.81. The summed E-state index contributed by atoms with van der Waals surface area (Å²) < 4.78 is 84.8. The Morgan fingerprint density at radius 3 is 2.13 bits per heavy atom. The van der Waals surface area contributed by atoms with Gasteiger partial charge in [0.25, 0.3) is 0 Å². The van der Waals surface area contributed by atoms with E-state index in [2.05, 4.69) is 10.2 Å². The van der Waals surface area contributed by atoms with Gasteiger partial charge in [-0.15, -0.1) is 0 Å². The molecular formula is C22H22F6N2O. The molecule has 0 radical (unpaired) electrons. The third kappa shape index (κ3) is 4.88. The Balaban J connectivity index is 1.58. The number of nitrogens with zero attached hydrogens (tertiary/aromatic N) is 1. The quantitative estimate of drug-likeness (QED) is 0.685. The van der Waals surface area contributed by atoms with Gasteiger partial charge < -0.3 is 10.1 Å². The molecule has 9 heteroatoms. The molecule has 4 rings (SSSR count). The Morgan fingerprint density at radius 2 is 1.52 bits per heavy atom. The highest BCUT2D eigenvalue weighted by atomic mass is 19.4. The maximum atomic E-state index is 13.1. The first kappa shape index (κ1) is 22.1. The fourth-order valence-corrected chi connectivity index (χ4v) is 4.39. The highest BCUT2D eigenvalue weighted by molar-refractivity contribution is 5.37. The van der Waals surface area contributed by atoms with Crippen LogP contribution in [-0.2, 0) is 30.1 Å². The first-order valence-electron chi connectivity index (χ1n) is 10.1. The van der Waals surface area contributed by atoms with E-state index in [1.807, 2.05) is 24.3 Å². The molecule has 31 heavy (non-hydrogen) atoms. The zero-order chi connectivity index (χ0) is 22.2. The number of piperazine rings is 1. The van der Waals surface area contributed by atoms with Crippen LogP contribution in [0.15, 0.2) is 42.5 Å². The standard InChI is InChI=1S/C22H22F6N2O/c23-21(24,25)16-9-14(10-17(12-16)22(26,27)28)13-31-19-11-15-3-1-2-4-18(15)20(19)30-7-5-29-6-8-30/h1-4,9-10,12,19-20,29H,5-8,11,13H2/t19-,20-/m1/s1. The van der Waals surface area contributed by atoms with Gasteiger partial charge in [0.2, 0.25) is 0 Å². The van der Waals surface area contributed by atoms with Gasteiger partial charge in [0.15, 0.2) is 0 Å². The van der Waals surface area contributed by atoms with Crippen molar-refractivity contribution >= 4 is 0 Å². The summed E-state index contributed by atoms with van der Waals surface area (Å²) >= 11 is 0. The van der Waals surface area contributed by atoms with Crippen LogP contribution >= 0.6 is 0 Å². The molecule has 1 fully saturated rings. The van der Waals surface area contributed by atoms with Crippen LogP contribution in [0, 0.1) is 0 Å². The second kappa shape index (κ2) is 8.44. The molecule has 0 aromatic heterocycles. The van der Waals surface area contributed by atoms with E-state index in [-0.39, 0.29) is 30.4 Å². The van der Waals surface area contributed by atoms with Crippen LogP contribution in [0.25, 0.3) is 0 Å². The fourth-order valence-electron chi connectivity index (χ4n) is 4.39. The maximum absolute atomic E-state index is 13.1. The Hall–Kier alpha value is -2.10. The van der Waals surface area contributed by atoms with Gasteiger partial charge in [0.05, 0.1) is 29.9 Å². The number of hydrogen-bond acceptors (Lipinski definition) is 3. The summed E-state index contributed by atoms with van der Waals surface area (Å²) in [6, 6.07) is 9.37. The van der Waals surface area contributed by atoms with Gasteiger partial charge in [-0.2, -0.15) is 26.3 Å². The zero-order valence-electron chi connectivity index (χ0n) is 16.6. The lowest BCUT2D eigenvalue weighted by Gasteiger charge is -2.36. The monoisotopic (exact) mass is 444 g/mol. The molecule has 168 valence electrons. The fraction of sp³-hybridized carbons (Fsp3) is 0.455. The van der Waals surface area contributed by atoms with Crippen molar-refractivity contribution in [1.82, 2.24) is 10.2 Å². The molecule has 0 amide bonds. The molecule has 2 aliphatic rings. The molecule has 0 bridgehead atoms. The normalized spacial score (nSPS) is 22.5. The van der Waals surface area contributed by atoms with E-state index in [4.69, 9.17) is 4.74 Å². The lowest BCUT2D eigenvalue weighted by molar-refractivity contribution is -0.143. The molecular weight excluding hydrogens is 422 g/mol. The first-order chi connectivity index (χ1) is 14.6.